The number of primary amides is 1. The summed E-state index contributed by atoms with van der Waals surface area (Å²) in [5, 5.41) is 15.6. The molecule has 7 heteroatoms. The Morgan fingerprint density at radius 2 is 2.14 bits per heavy atom. The van der Waals surface area contributed by atoms with Gasteiger partial charge < -0.3 is 10.8 Å². The lowest BCUT2D eigenvalue weighted by Crippen LogP contribution is -2.25. The van der Waals surface area contributed by atoms with Crippen LogP contribution in [0.1, 0.15) is 29.1 Å². The van der Waals surface area contributed by atoms with E-state index < -0.39 is 17.9 Å². The van der Waals surface area contributed by atoms with Gasteiger partial charge in [-0.1, -0.05) is 5.21 Å². The highest BCUT2D eigenvalue weighted by Crippen LogP contribution is 2.10. The maximum absolute atomic E-state index is 10.8. The van der Waals surface area contributed by atoms with Crippen molar-refractivity contribution in [2.24, 2.45) is 5.73 Å². The first-order valence-electron chi connectivity index (χ1n) is 3.89. The fourth-order valence-electron chi connectivity index (χ4n) is 1.03. The summed E-state index contributed by atoms with van der Waals surface area (Å²) in [5.41, 5.74) is 5.19. The molecule has 1 unspecified atom stereocenters. The van der Waals surface area contributed by atoms with Crippen LogP contribution in [0.25, 0.3) is 0 Å². The van der Waals surface area contributed by atoms with Crippen LogP contribution in [-0.4, -0.2) is 32.0 Å². The predicted octanol–water partition coefficient (Wildman–Crippen LogP) is -0.669. The van der Waals surface area contributed by atoms with Crippen molar-refractivity contribution in [2.45, 2.75) is 19.9 Å². The zero-order valence-electron chi connectivity index (χ0n) is 7.76. The smallest absolute Gasteiger partial charge is 0.358 e. The van der Waals surface area contributed by atoms with Crippen molar-refractivity contribution in [1.29, 1.82) is 0 Å². The number of nitrogens with two attached hydrogens (primary N) is 1. The molecule has 14 heavy (non-hydrogen) atoms. The molecular formula is C7H10N4O3. The number of carboxylic acids is 1. The molecule has 1 atom stereocenters. The monoisotopic (exact) mass is 198 g/mol. The van der Waals surface area contributed by atoms with E-state index in [2.05, 4.69) is 10.3 Å². The van der Waals surface area contributed by atoms with Gasteiger partial charge in [0.05, 0.1) is 5.69 Å². The number of nitrogens with zero attached hydrogens (tertiary/aromatic N) is 3. The topological polar surface area (TPSA) is 111 Å². The molecule has 1 aromatic heterocycles. The van der Waals surface area contributed by atoms with E-state index in [1.54, 1.807) is 0 Å². The molecule has 0 saturated carbocycles. The zero-order valence-corrected chi connectivity index (χ0v) is 7.76. The number of aromatic carboxylic acids is 1. The number of amides is 1. The van der Waals surface area contributed by atoms with Crippen molar-refractivity contribution < 1.29 is 14.7 Å². The third-order valence-corrected chi connectivity index (χ3v) is 1.91. The summed E-state index contributed by atoms with van der Waals surface area (Å²) in [5.74, 6) is -1.76. The van der Waals surface area contributed by atoms with E-state index in [-0.39, 0.29) is 5.69 Å². The molecule has 0 aliphatic heterocycles. The molecular weight excluding hydrogens is 188 g/mol. The van der Waals surface area contributed by atoms with Gasteiger partial charge in [-0.3, -0.25) is 4.79 Å². The maximum Gasteiger partial charge on any atom is 0.358 e. The van der Waals surface area contributed by atoms with Crippen LogP contribution in [0.5, 0.6) is 0 Å². The molecule has 1 heterocycles. The minimum absolute atomic E-state index is 0.168. The standard InChI is InChI=1S/C7H10N4O3/c1-3-5(7(13)14)9-10-11(3)4(2)6(8)12/h4H,1-2H3,(H2,8,12)(H,13,14). The van der Waals surface area contributed by atoms with Crippen LogP contribution in [0, 0.1) is 6.92 Å². The van der Waals surface area contributed by atoms with Crippen molar-refractivity contribution in [3.63, 3.8) is 0 Å². The van der Waals surface area contributed by atoms with E-state index in [4.69, 9.17) is 10.8 Å². The van der Waals surface area contributed by atoms with E-state index in [0.717, 1.165) is 0 Å². The third kappa shape index (κ3) is 1.56. The van der Waals surface area contributed by atoms with Crippen LogP contribution in [0.15, 0.2) is 0 Å². The molecule has 0 aliphatic rings. The number of hydrogen-bond acceptors (Lipinski definition) is 4. The fourth-order valence-corrected chi connectivity index (χ4v) is 1.03. The van der Waals surface area contributed by atoms with E-state index in [9.17, 15) is 9.59 Å². The molecule has 76 valence electrons. The molecule has 0 aromatic carbocycles. The highest BCUT2D eigenvalue weighted by atomic mass is 16.4. The van der Waals surface area contributed by atoms with E-state index in [1.165, 1.54) is 18.5 Å². The van der Waals surface area contributed by atoms with Gasteiger partial charge in [0, 0.05) is 0 Å². The van der Waals surface area contributed by atoms with Crippen LogP contribution < -0.4 is 5.73 Å². The van der Waals surface area contributed by atoms with Gasteiger partial charge in [-0.25, -0.2) is 9.48 Å². The number of hydrogen-bond donors (Lipinski definition) is 2. The van der Waals surface area contributed by atoms with Crippen molar-refractivity contribution in [1.82, 2.24) is 15.0 Å². The summed E-state index contributed by atoms with van der Waals surface area (Å²) >= 11 is 0. The molecule has 0 aliphatic carbocycles. The quantitative estimate of drug-likeness (QED) is 0.669. The van der Waals surface area contributed by atoms with Crippen molar-refractivity contribution in [3.8, 4) is 0 Å². The molecule has 1 amide bonds. The van der Waals surface area contributed by atoms with Gasteiger partial charge in [-0.15, -0.1) is 5.10 Å². The minimum atomic E-state index is -1.18. The fraction of sp³-hybridized carbons (Fsp3) is 0.429. The Kier molecular flexibility index (Phi) is 2.50. The van der Waals surface area contributed by atoms with Crippen LogP contribution in [0.2, 0.25) is 0 Å². The van der Waals surface area contributed by atoms with Gasteiger partial charge in [0.15, 0.2) is 5.69 Å². The molecule has 1 aromatic rings. The Morgan fingerprint density at radius 3 is 2.50 bits per heavy atom. The SMILES string of the molecule is Cc1c(C(=O)O)nnn1C(C)C(N)=O. The predicted molar refractivity (Wildman–Crippen MR) is 45.6 cm³/mol. The molecule has 1 rings (SSSR count). The summed E-state index contributed by atoms with van der Waals surface area (Å²) in [4.78, 5) is 21.4. The molecule has 0 saturated heterocycles. The van der Waals surface area contributed by atoms with Gasteiger partial charge in [-0.2, -0.15) is 0 Å². The second-order valence-corrected chi connectivity index (χ2v) is 2.85. The summed E-state index contributed by atoms with van der Waals surface area (Å²) in [6, 6.07) is -0.699. The van der Waals surface area contributed by atoms with Crippen molar-refractivity contribution in [3.05, 3.63) is 11.4 Å². The van der Waals surface area contributed by atoms with Crippen LogP contribution in [-0.2, 0) is 4.79 Å². The second kappa shape index (κ2) is 3.44. The zero-order chi connectivity index (χ0) is 10.9. The van der Waals surface area contributed by atoms with Gasteiger partial charge in [0.1, 0.15) is 6.04 Å². The van der Waals surface area contributed by atoms with Crippen molar-refractivity contribution >= 4 is 11.9 Å². The second-order valence-electron chi connectivity index (χ2n) is 2.85. The first-order valence-corrected chi connectivity index (χ1v) is 3.89. The summed E-state index contributed by atoms with van der Waals surface area (Å²) in [6.07, 6.45) is 0. The largest absolute Gasteiger partial charge is 0.476 e. The summed E-state index contributed by atoms with van der Waals surface area (Å²) in [6.45, 7) is 3.04. The number of rotatable bonds is 3. The lowest BCUT2D eigenvalue weighted by Gasteiger charge is -2.08. The Balaban J connectivity index is 3.13. The molecule has 0 spiro atoms. The number of carbonyl (C=O) groups is 2. The Bertz CT molecular complexity index is 384. The maximum atomic E-state index is 10.8. The van der Waals surface area contributed by atoms with E-state index >= 15 is 0 Å². The first kappa shape index (κ1) is 10.2. The lowest BCUT2D eigenvalue weighted by molar-refractivity contribution is -0.121. The highest BCUT2D eigenvalue weighted by Gasteiger charge is 2.20. The molecule has 3 N–H and O–H groups in total. The average Bonchev–Trinajstić information content (AvgIpc) is 2.45. The van der Waals surface area contributed by atoms with Gasteiger partial charge in [-0.05, 0) is 13.8 Å². The van der Waals surface area contributed by atoms with Crippen LogP contribution in [0.4, 0.5) is 0 Å². The molecule has 0 fully saturated rings. The molecule has 7 nitrogen and oxygen atoms in total. The summed E-state index contributed by atoms with van der Waals surface area (Å²) < 4.78 is 1.19. The molecule has 0 radical (unpaired) electrons. The first-order chi connectivity index (χ1) is 6.45. The summed E-state index contributed by atoms with van der Waals surface area (Å²) in [7, 11) is 0. The molecule has 0 bridgehead atoms. The van der Waals surface area contributed by atoms with E-state index in [0.29, 0.717) is 5.69 Å². The van der Waals surface area contributed by atoms with Gasteiger partial charge >= 0.3 is 5.97 Å². The van der Waals surface area contributed by atoms with E-state index in [1.807, 2.05) is 0 Å². The minimum Gasteiger partial charge on any atom is -0.476 e. The normalized spacial score (nSPS) is 12.4. The Labute approximate surface area is 79.5 Å². The van der Waals surface area contributed by atoms with Gasteiger partial charge in [0.25, 0.3) is 0 Å². The number of carboxylic acid groups (broad SMARTS) is 1. The lowest BCUT2D eigenvalue weighted by atomic mass is 10.3. The van der Waals surface area contributed by atoms with Crippen molar-refractivity contribution in [2.75, 3.05) is 0 Å². The van der Waals surface area contributed by atoms with Crippen LogP contribution >= 0.6 is 0 Å². The highest BCUT2D eigenvalue weighted by molar-refractivity contribution is 5.86. The number of carbonyl (C=O) groups excluding carboxylic acids is 1. The van der Waals surface area contributed by atoms with Gasteiger partial charge in [0.2, 0.25) is 5.91 Å². The number of aromatic nitrogens is 3. The average molecular weight is 198 g/mol. The Morgan fingerprint density at radius 1 is 1.57 bits per heavy atom. The Hall–Kier alpha value is -1.92. The third-order valence-electron chi connectivity index (χ3n) is 1.91. The van der Waals surface area contributed by atoms with Crippen LogP contribution in [0.3, 0.4) is 0 Å².